The maximum Gasteiger partial charge on any atom is 0.420 e. The Balaban J connectivity index is 1.74. The lowest BCUT2D eigenvalue weighted by molar-refractivity contribution is -0.267. The highest BCUT2D eigenvalue weighted by molar-refractivity contribution is 6.30. The number of rotatable bonds is 14. The van der Waals surface area contributed by atoms with E-state index in [9.17, 15) is 41.0 Å². The zero-order valence-corrected chi connectivity index (χ0v) is 25.0. The molecule has 1 aromatic carbocycles. The molecular formula is C27H28ClF6N9O4. The molecule has 254 valence electrons. The number of unbranched alkanes of at least 4 members (excludes halogenated alkanes) is 2. The number of aliphatic hydroxyl groups excluding tert-OH is 1. The number of halogens is 7. The van der Waals surface area contributed by atoms with E-state index >= 15 is 0 Å². The maximum atomic E-state index is 14.1. The summed E-state index contributed by atoms with van der Waals surface area (Å²) in [5, 5.41) is 18.5. The lowest BCUT2D eigenvalue weighted by Gasteiger charge is -2.24. The standard InChI is InChI=1S/C27H28ClF6N9O4/c28-16-9-7-15(8-10-16)22-40-42(25(46)41(22)13-18(27(32,33)34)47-20(44)6-2-1-3-11-35)14-19-38-24(21(36)45)43(39-19)23-17(26(29,30)31)5-4-12-37-23/h4-5,7-10,12,18,20,44H,1-3,6,11,13-14,35H2,(H2,36,45)/t18-,20?/m0/s1. The average Bonchev–Trinajstić information content (AvgIpc) is 3.56. The fraction of sp³-hybridized carbons (Fsp3) is 0.407. The molecule has 3 heterocycles. The Morgan fingerprint density at radius 1 is 1.04 bits per heavy atom. The highest BCUT2D eigenvalue weighted by atomic mass is 35.5. The molecule has 0 spiro atoms. The zero-order chi connectivity index (χ0) is 34.5. The molecule has 3 aromatic heterocycles. The van der Waals surface area contributed by atoms with Crippen molar-refractivity contribution in [1.29, 1.82) is 0 Å². The van der Waals surface area contributed by atoms with Gasteiger partial charge in [-0.25, -0.2) is 19.4 Å². The topological polar surface area (TPSA) is 182 Å². The molecule has 0 bridgehead atoms. The summed E-state index contributed by atoms with van der Waals surface area (Å²) in [6.07, 6.45) is -12.0. The number of aliphatic hydroxyl groups is 1. The Morgan fingerprint density at radius 3 is 2.36 bits per heavy atom. The number of carbonyl (C=O) groups is 1. The summed E-state index contributed by atoms with van der Waals surface area (Å²) in [5.74, 6) is -3.60. The van der Waals surface area contributed by atoms with Crippen LogP contribution in [0.5, 0.6) is 0 Å². The number of hydrogen-bond acceptors (Lipinski definition) is 9. The summed E-state index contributed by atoms with van der Waals surface area (Å²) in [5.41, 5.74) is 8.50. The van der Waals surface area contributed by atoms with E-state index in [0.717, 1.165) is 12.3 Å². The average molecular weight is 692 g/mol. The third-order valence-electron chi connectivity index (χ3n) is 6.67. The van der Waals surface area contributed by atoms with Crippen LogP contribution in [0.1, 0.15) is 47.7 Å². The summed E-state index contributed by atoms with van der Waals surface area (Å²) in [4.78, 5) is 33.1. The Kier molecular flexibility index (Phi) is 11.0. The van der Waals surface area contributed by atoms with Gasteiger partial charge in [-0.2, -0.15) is 31.0 Å². The lowest BCUT2D eigenvalue weighted by Crippen LogP contribution is -2.41. The minimum absolute atomic E-state index is 0.117. The highest BCUT2D eigenvalue weighted by Gasteiger charge is 2.43. The minimum atomic E-state index is -5.04. The van der Waals surface area contributed by atoms with Crippen LogP contribution in [0.2, 0.25) is 5.02 Å². The van der Waals surface area contributed by atoms with E-state index in [0.29, 0.717) is 45.8 Å². The van der Waals surface area contributed by atoms with Crippen molar-refractivity contribution in [3.05, 3.63) is 75.3 Å². The molecule has 4 rings (SSSR count). The number of nitrogens with two attached hydrogens (primary N) is 2. The third-order valence-corrected chi connectivity index (χ3v) is 6.92. The van der Waals surface area contributed by atoms with E-state index in [1.165, 1.54) is 24.3 Å². The first-order valence-corrected chi connectivity index (χ1v) is 14.3. The van der Waals surface area contributed by atoms with Gasteiger partial charge in [0.15, 0.2) is 29.9 Å². The number of amides is 1. The fourth-order valence-corrected chi connectivity index (χ4v) is 4.58. The van der Waals surface area contributed by atoms with Crippen LogP contribution in [-0.4, -0.2) is 70.2 Å². The number of pyridine rings is 1. The Hall–Kier alpha value is -4.33. The van der Waals surface area contributed by atoms with Crippen LogP contribution in [0.3, 0.4) is 0 Å². The number of ether oxygens (including phenoxy) is 1. The third kappa shape index (κ3) is 8.73. The van der Waals surface area contributed by atoms with Gasteiger partial charge in [-0.15, -0.1) is 10.2 Å². The second-order valence-electron chi connectivity index (χ2n) is 10.1. The van der Waals surface area contributed by atoms with Crippen LogP contribution in [0.4, 0.5) is 26.3 Å². The monoisotopic (exact) mass is 691 g/mol. The maximum absolute atomic E-state index is 14.1. The van der Waals surface area contributed by atoms with E-state index in [1.54, 1.807) is 0 Å². The Labute approximate surface area is 266 Å². The molecule has 0 saturated carbocycles. The van der Waals surface area contributed by atoms with Crippen molar-refractivity contribution in [3.63, 3.8) is 0 Å². The van der Waals surface area contributed by atoms with Crippen molar-refractivity contribution >= 4 is 17.5 Å². The van der Waals surface area contributed by atoms with Gasteiger partial charge >= 0.3 is 18.0 Å². The molecule has 0 aliphatic carbocycles. The summed E-state index contributed by atoms with van der Waals surface area (Å²) >= 11 is 5.95. The first kappa shape index (κ1) is 35.5. The number of aromatic nitrogens is 7. The van der Waals surface area contributed by atoms with Crippen molar-refractivity contribution in [2.24, 2.45) is 11.5 Å². The summed E-state index contributed by atoms with van der Waals surface area (Å²) < 4.78 is 90.0. The Morgan fingerprint density at radius 2 is 1.74 bits per heavy atom. The highest BCUT2D eigenvalue weighted by Crippen LogP contribution is 2.33. The molecule has 5 N–H and O–H groups in total. The predicted molar refractivity (Wildman–Crippen MR) is 153 cm³/mol. The molecule has 0 aliphatic rings. The van der Waals surface area contributed by atoms with Gasteiger partial charge in [0.05, 0.1) is 6.54 Å². The van der Waals surface area contributed by atoms with Crippen LogP contribution in [-0.2, 0) is 24.0 Å². The van der Waals surface area contributed by atoms with E-state index < -0.39 is 72.5 Å². The summed E-state index contributed by atoms with van der Waals surface area (Å²) in [7, 11) is 0. The zero-order valence-electron chi connectivity index (χ0n) is 24.2. The van der Waals surface area contributed by atoms with Crippen LogP contribution < -0.4 is 17.2 Å². The van der Waals surface area contributed by atoms with Crippen molar-refractivity contribution in [3.8, 4) is 17.2 Å². The van der Waals surface area contributed by atoms with Gasteiger partial charge in [-0.1, -0.05) is 18.0 Å². The van der Waals surface area contributed by atoms with E-state index in [-0.39, 0.29) is 22.8 Å². The first-order chi connectivity index (χ1) is 22.1. The predicted octanol–water partition coefficient (Wildman–Crippen LogP) is 3.29. The first-order valence-electron chi connectivity index (χ1n) is 13.9. The Bertz CT molecular complexity index is 1740. The van der Waals surface area contributed by atoms with Crippen LogP contribution in [0.15, 0.2) is 47.4 Å². The largest absolute Gasteiger partial charge is 0.420 e. The van der Waals surface area contributed by atoms with Crippen LogP contribution in [0, 0.1) is 0 Å². The SMILES string of the molecule is NCCCCCC(O)O[C@@H](Cn1c(-c2ccc(Cl)cc2)nn(Cc2nc(C(N)=O)n(-c3ncccc3C(F)(F)F)n2)c1=O)C(F)(F)F. The quantitative estimate of drug-likeness (QED) is 0.102. The smallest absolute Gasteiger partial charge is 0.368 e. The second-order valence-corrected chi connectivity index (χ2v) is 10.6. The van der Waals surface area contributed by atoms with Gasteiger partial charge in [0.1, 0.15) is 12.1 Å². The number of alkyl halides is 6. The van der Waals surface area contributed by atoms with Gasteiger partial charge in [-0.3, -0.25) is 9.36 Å². The molecule has 0 radical (unpaired) electrons. The molecule has 4 aromatic rings. The van der Waals surface area contributed by atoms with Crippen LogP contribution >= 0.6 is 11.6 Å². The number of primary amides is 1. The van der Waals surface area contributed by atoms with Gasteiger partial charge < -0.3 is 21.3 Å². The number of hydrogen-bond donors (Lipinski definition) is 3. The molecule has 13 nitrogen and oxygen atoms in total. The van der Waals surface area contributed by atoms with Crippen LogP contribution in [0.25, 0.3) is 17.2 Å². The van der Waals surface area contributed by atoms with Gasteiger partial charge in [0, 0.05) is 16.8 Å². The lowest BCUT2D eigenvalue weighted by atomic mass is 10.2. The molecule has 0 saturated heterocycles. The van der Waals surface area contributed by atoms with Crippen molar-refractivity contribution in [2.75, 3.05) is 6.54 Å². The molecule has 47 heavy (non-hydrogen) atoms. The second kappa shape index (κ2) is 14.6. The number of carbonyl (C=O) groups excluding carboxylic acids is 1. The normalized spacial score (nSPS) is 13.6. The van der Waals surface area contributed by atoms with E-state index in [2.05, 4.69) is 20.2 Å². The summed E-state index contributed by atoms with van der Waals surface area (Å²) in [6.45, 7) is -1.48. The number of nitrogens with zero attached hydrogens (tertiary/aromatic N) is 7. The molecule has 1 amide bonds. The van der Waals surface area contributed by atoms with Crippen molar-refractivity contribution < 1.29 is 41.0 Å². The van der Waals surface area contributed by atoms with E-state index in [1.807, 2.05) is 0 Å². The van der Waals surface area contributed by atoms with Gasteiger partial charge in [-0.05, 0) is 62.2 Å². The van der Waals surface area contributed by atoms with Gasteiger partial charge in [0.25, 0.3) is 5.91 Å². The van der Waals surface area contributed by atoms with E-state index in [4.69, 9.17) is 27.8 Å². The minimum Gasteiger partial charge on any atom is -0.368 e. The fourth-order valence-electron chi connectivity index (χ4n) is 4.46. The molecule has 2 atom stereocenters. The summed E-state index contributed by atoms with van der Waals surface area (Å²) in [6, 6.07) is 7.28. The molecule has 0 fully saturated rings. The molecular weight excluding hydrogens is 664 g/mol. The van der Waals surface area contributed by atoms with Crippen molar-refractivity contribution in [2.45, 2.75) is 63.5 Å². The van der Waals surface area contributed by atoms with Crippen molar-refractivity contribution in [1.82, 2.24) is 34.1 Å². The molecule has 20 heteroatoms. The molecule has 1 unspecified atom stereocenters. The number of benzene rings is 1. The van der Waals surface area contributed by atoms with Gasteiger partial charge in [0.2, 0.25) is 5.82 Å². The molecule has 0 aliphatic heterocycles.